The van der Waals surface area contributed by atoms with E-state index in [-0.39, 0.29) is 55.9 Å². The maximum atomic E-state index is 13.5. The first-order valence-corrected chi connectivity index (χ1v) is 12.5. The third-order valence-corrected chi connectivity index (χ3v) is 8.25. The monoisotopic (exact) mass is 546 g/mol. The van der Waals surface area contributed by atoms with Crippen LogP contribution in [0.4, 0.5) is 0 Å². The molecule has 0 saturated carbocycles. The van der Waals surface area contributed by atoms with Crippen molar-refractivity contribution in [1.82, 2.24) is 0 Å². The number of hydrogen-bond acceptors (Lipinski definition) is 10. The second-order valence-electron chi connectivity index (χ2n) is 10.1. The zero-order valence-corrected chi connectivity index (χ0v) is 22.6. The number of Topliss-reactive ketones (excluding diaryl/α,β-unsaturated/α-hetero) is 1. The van der Waals surface area contributed by atoms with Crippen molar-refractivity contribution in [3.05, 3.63) is 43.7 Å². The molecule has 40 heavy (non-hydrogen) atoms. The highest BCUT2D eigenvalue weighted by molar-refractivity contribution is 6.39. The molecule has 5 aromatic rings. The number of phenolic OH excluding ortho intramolecular Hbond substituents is 2. The lowest BCUT2D eigenvalue weighted by Gasteiger charge is -2.37. The zero-order valence-electron chi connectivity index (χ0n) is 22.6. The van der Waals surface area contributed by atoms with E-state index < -0.39 is 40.3 Å². The molecule has 1 aliphatic carbocycles. The number of rotatable bonds is 6. The second kappa shape index (κ2) is 8.46. The molecule has 3 N–H and O–H groups in total. The van der Waals surface area contributed by atoms with Gasteiger partial charge in [-0.2, -0.15) is 0 Å². The standard InChI is InChI=1S/C30H26O10/c1-9(31)15-16(10(2)32)26-24-22-18(28(36)30(26)40-6)12(34)8-14(38-4)20(22)19-13(37-3)7-11(33)17-21(19)23(24)25(15)29(39-5)27(17)35/h7-9,15-16,31,35-36H,1-6H3/t9-,15+,16+/m0/s1. The third-order valence-electron chi connectivity index (χ3n) is 8.25. The summed E-state index contributed by atoms with van der Waals surface area (Å²) in [4.78, 5) is 40.4. The first-order chi connectivity index (χ1) is 19.0. The smallest absolute Gasteiger partial charge is 0.194 e. The number of ether oxygens (including phenoxy) is 4. The fourth-order valence-corrected chi connectivity index (χ4v) is 6.91. The Morgan fingerprint density at radius 2 is 1.12 bits per heavy atom. The van der Waals surface area contributed by atoms with Gasteiger partial charge in [0, 0.05) is 50.7 Å². The maximum absolute atomic E-state index is 13.5. The van der Waals surface area contributed by atoms with Crippen LogP contribution in [0.1, 0.15) is 36.8 Å². The molecule has 3 atom stereocenters. The molecule has 10 nitrogen and oxygen atoms in total. The average Bonchev–Trinajstić information content (AvgIpc) is 2.91. The molecule has 0 aliphatic heterocycles. The Morgan fingerprint density at radius 3 is 1.50 bits per heavy atom. The summed E-state index contributed by atoms with van der Waals surface area (Å²) < 4.78 is 22.6. The topological polar surface area (TPSA) is 149 Å². The van der Waals surface area contributed by atoms with Crippen LogP contribution in [-0.2, 0) is 4.79 Å². The molecule has 0 spiro atoms. The van der Waals surface area contributed by atoms with Crippen molar-refractivity contribution in [3.63, 3.8) is 0 Å². The number of benzene rings is 5. The lowest BCUT2D eigenvalue weighted by atomic mass is 9.67. The first kappa shape index (κ1) is 25.7. The fourth-order valence-electron chi connectivity index (χ4n) is 6.91. The normalized spacial score (nSPS) is 17.3. The highest BCUT2D eigenvalue weighted by atomic mass is 16.5. The van der Waals surface area contributed by atoms with E-state index in [4.69, 9.17) is 18.9 Å². The van der Waals surface area contributed by atoms with Gasteiger partial charge in [-0.15, -0.1) is 0 Å². The molecule has 0 bridgehead atoms. The molecule has 10 heteroatoms. The van der Waals surface area contributed by atoms with Crippen molar-refractivity contribution in [2.45, 2.75) is 31.8 Å². The van der Waals surface area contributed by atoms with Gasteiger partial charge in [-0.05, 0) is 24.6 Å². The lowest BCUT2D eigenvalue weighted by molar-refractivity contribution is -0.119. The summed E-state index contributed by atoms with van der Waals surface area (Å²) in [5, 5.41) is 36.0. The summed E-state index contributed by atoms with van der Waals surface area (Å²) in [5.74, 6) is -3.22. The van der Waals surface area contributed by atoms with E-state index in [9.17, 15) is 29.7 Å². The van der Waals surface area contributed by atoms with Gasteiger partial charge >= 0.3 is 0 Å². The van der Waals surface area contributed by atoms with Crippen LogP contribution in [0.5, 0.6) is 34.5 Å². The molecule has 0 unspecified atom stereocenters. The highest BCUT2D eigenvalue weighted by Gasteiger charge is 2.46. The zero-order chi connectivity index (χ0) is 28.9. The molecule has 0 saturated heterocycles. The van der Waals surface area contributed by atoms with Crippen molar-refractivity contribution in [2.75, 3.05) is 28.4 Å². The molecular formula is C30H26O10. The fraction of sp³-hybridized carbons (Fsp3) is 0.300. The number of carbonyl (C=O) groups is 1. The van der Waals surface area contributed by atoms with Crippen molar-refractivity contribution in [1.29, 1.82) is 0 Å². The first-order valence-electron chi connectivity index (χ1n) is 12.5. The average molecular weight is 547 g/mol. The summed E-state index contributed by atoms with van der Waals surface area (Å²) in [6.07, 6.45) is -1.16. The van der Waals surface area contributed by atoms with Crippen molar-refractivity contribution in [3.8, 4) is 34.5 Å². The number of aromatic hydroxyl groups is 2. The molecule has 6 rings (SSSR count). The van der Waals surface area contributed by atoms with Gasteiger partial charge in [-0.25, -0.2) is 0 Å². The Labute approximate surface area is 226 Å². The molecule has 0 heterocycles. The van der Waals surface area contributed by atoms with Crippen molar-refractivity contribution < 1.29 is 39.1 Å². The van der Waals surface area contributed by atoms with E-state index in [2.05, 4.69) is 0 Å². The molecular weight excluding hydrogens is 520 g/mol. The molecule has 5 aromatic carbocycles. The Kier molecular flexibility index (Phi) is 5.44. The van der Waals surface area contributed by atoms with E-state index in [1.54, 1.807) is 0 Å². The Balaban J connectivity index is 2.19. The SMILES string of the molecule is COc1c(O)c2c(=O)cc(OC)c3c4c(OC)cc(=O)c5c(O)c(OC)c6c(c(c1[C@H]([C@H](C)O)[C@H]6C(C)=O)c23)c54. The van der Waals surface area contributed by atoms with Crippen LogP contribution in [0.25, 0.3) is 43.1 Å². The van der Waals surface area contributed by atoms with Crippen LogP contribution in [0.2, 0.25) is 0 Å². The minimum Gasteiger partial charge on any atom is -0.504 e. The molecule has 0 amide bonds. The largest absolute Gasteiger partial charge is 0.504 e. The van der Waals surface area contributed by atoms with Crippen LogP contribution in [0.3, 0.4) is 0 Å². The summed E-state index contributed by atoms with van der Waals surface area (Å²) >= 11 is 0. The quantitative estimate of drug-likeness (QED) is 0.213. The van der Waals surface area contributed by atoms with Gasteiger partial charge in [0.2, 0.25) is 0 Å². The van der Waals surface area contributed by atoms with Crippen LogP contribution >= 0.6 is 0 Å². The molecule has 0 aromatic heterocycles. The number of aliphatic hydroxyl groups excluding tert-OH is 1. The van der Waals surface area contributed by atoms with E-state index in [1.807, 2.05) is 0 Å². The Bertz CT molecular complexity index is 2030. The van der Waals surface area contributed by atoms with Gasteiger partial charge in [-0.3, -0.25) is 14.4 Å². The predicted octanol–water partition coefficient (Wildman–Crippen LogP) is 3.49. The van der Waals surface area contributed by atoms with Gasteiger partial charge in [0.1, 0.15) is 17.3 Å². The summed E-state index contributed by atoms with van der Waals surface area (Å²) in [6, 6.07) is 2.45. The van der Waals surface area contributed by atoms with E-state index in [0.717, 1.165) is 0 Å². The van der Waals surface area contributed by atoms with Gasteiger partial charge < -0.3 is 34.3 Å². The Hall–Kier alpha value is -4.57. The van der Waals surface area contributed by atoms with Gasteiger partial charge in [0.05, 0.1) is 51.2 Å². The van der Waals surface area contributed by atoms with Crippen molar-refractivity contribution >= 4 is 48.9 Å². The minimum atomic E-state index is -1.16. The summed E-state index contributed by atoms with van der Waals surface area (Å²) in [7, 11) is 5.40. The number of methoxy groups -OCH3 is 4. The predicted molar refractivity (Wildman–Crippen MR) is 149 cm³/mol. The number of ketones is 1. The number of carbonyl (C=O) groups excluding carboxylic acids is 1. The Morgan fingerprint density at radius 1 is 0.700 bits per heavy atom. The highest BCUT2D eigenvalue weighted by Crippen LogP contribution is 2.62. The van der Waals surface area contributed by atoms with Crippen LogP contribution < -0.4 is 29.8 Å². The molecule has 0 radical (unpaired) electrons. The second-order valence-corrected chi connectivity index (χ2v) is 10.1. The van der Waals surface area contributed by atoms with Gasteiger partial charge in [0.15, 0.2) is 33.9 Å². The number of phenols is 2. The van der Waals surface area contributed by atoms with Gasteiger partial charge in [0.25, 0.3) is 0 Å². The number of fused-ring (bicyclic) bond motifs is 1. The van der Waals surface area contributed by atoms with Crippen LogP contribution in [-0.4, -0.2) is 55.6 Å². The summed E-state index contributed by atoms with van der Waals surface area (Å²) in [6.45, 7) is 2.86. The van der Waals surface area contributed by atoms with Crippen LogP contribution in [0.15, 0.2) is 21.7 Å². The third kappa shape index (κ3) is 2.83. The minimum absolute atomic E-state index is 0.0675. The number of aliphatic hydroxyl groups is 1. The summed E-state index contributed by atoms with van der Waals surface area (Å²) in [5.41, 5.74) is -0.568. The molecule has 206 valence electrons. The number of hydrogen-bond donors (Lipinski definition) is 3. The van der Waals surface area contributed by atoms with Gasteiger partial charge in [-0.1, -0.05) is 0 Å². The van der Waals surface area contributed by atoms with E-state index >= 15 is 0 Å². The molecule has 0 fully saturated rings. The lowest BCUT2D eigenvalue weighted by Crippen LogP contribution is -2.30. The molecule has 1 aliphatic rings. The maximum Gasteiger partial charge on any atom is 0.194 e. The van der Waals surface area contributed by atoms with Crippen LogP contribution in [0, 0.1) is 0 Å². The van der Waals surface area contributed by atoms with E-state index in [1.165, 1.54) is 54.4 Å². The van der Waals surface area contributed by atoms with E-state index in [0.29, 0.717) is 27.1 Å². The van der Waals surface area contributed by atoms with Crippen molar-refractivity contribution in [2.24, 2.45) is 0 Å².